The zero-order chi connectivity index (χ0) is 10.6. The number of aliphatic carboxylic acids is 1. The summed E-state index contributed by atoms with van der Waals surface area (Å²) in [6.45, 7) is -2.82. The Bertz CT molecular complexity index is 218. The lowest BCUT2D eigenvalue weighted by Crippen LogP contribution is -2.40. The molecular formula is C5H9NO3S. The van der Waals surface area contributed by atoms with Crippen LogP contribution in [0.15, 0.2) is 0 Å². The molecule has 0 saturated heterocycles. The zero-order valence-corrected chi connectivity index (χ0v) is 5.89. The highest BCUT2D eigenvalue weighted by atomic mass is 32.1. The maximum atomic E-state index is 10.8. The number of carbonyl (C=O) groups is 2. The van der Waals surface area contributed by atoms with Gasteiger partial charge in [0.1, 0.15) is 6.04 Å². The predicted octanol–water partition coefficient (Wildman–Crippen LogP) is -0.495. The van der Waals surface area contributed by atoms with Gasteiger partial charge in [0.15, 0.2) is 0 Å². The molecule has 4 nitrogen and oxygen atoms in total. The average Bonchev–Trinajstić information content (AvgIpc) is 1.96. The fraction of sp³-hybridized carbons (Fsp3) is 0.600. The van der Waals surface area contributed by atoms with Crippen LogP contribution in [0, 0.1) is 0 Å². The van der Waals surface area contributed by atoms with Gasteiger partial charge < -0.3 is 10.4 Å². The quantitative estimate of drug-likeness (QED) is 0.495. The first kappa shape index (κ1) is 5.01. The minimum atomic E-state index is -2.82. The predicted molar refractivity (Wildman–Crippen MR) is 39.1 cm³/mol. The number of carboxylic acid groups (broad SMARTS) is 1. The molecule has 0 aliphatic heterocycles. The van der Waals surface area contributed by atoms with Gasteiger partial charge in [-0.05, 0) is 0 Å². The molecule has 0 rings (SSSR count). The fourth-order valence-electron chi connectivity index (χ4n) is 0.344. The van der Waals surface area contributed by atoms with Crippen LogP contribution in [0.3, 0.4) is 0 Å². The lowest BCUT2D eigenvalue weighted by Gasteiger charge is -2.08. The molecule has 0 aromatic carbocycles. The van der Waals surface area contributed by atoms with E-state index in [0.717, 1.165) is 0 Å². The summed E-state index contributed by atoms with van der Waals surface area (Å²) >= 11 is 3.65. The molecule has 5 heteroatoms. The summed E-state index contributed by atoms with van der Waals surface area (Å²) in [4.78, 5) is 21.1. The van der Waals surface area contributed by atoms with Crippen molar-refractivity contribution in [3.63, 3.8) is 0 Å². The highest BCUT2D eigenvalue weighted by molar-refractivity contribution is 7.80. The van der Waals surface area contributed by atoms with Crippen LogP contribution in [0.2, 0.25) is 0 Å². The Morgan fingerprint density at radius 2 is 2.50 bits per heavy atom. The van der Waals surface area contributed by atoms with Gasteiger partial charge in [0, 0.05) is 16.7 Å². The first-order valence-electron chi connectivity index (χ1n) is 3.93. The van der Waals surface area contributed by atoms with Crippen LogP contribution in [-0.4, -0.2) is 28.8 Å². The van der Waals surface area contributed by atoms with Crippen molar-refractivity contribution in [2.45, 2.75) is 12.9 Å². The van der Waals surface area contributed by atoms with E-state index in [-0.39, 0.29) is 5.75 Å². The monoisotopic (exact) mass is 166 g/mol. The number of nitrogens with one attached hydrogen (secondary N) is 1. The van der Waals surface area contributed by atoms with Crippen LogP contribution in [0.25, 0.3) is 0 Å². The number of carbonyl (C=O) groups excluding carboxylic acids is 1. The number of rotatable bonds is 3. The van der Waals surface area contributed by atoms with Crippen LogP contribution >= 0.6 is 12.6 Å². The van der Waals surface area contributed by atoms with Gasteiger partial charge in [-0.25, -0.2) is 4.79 Å². The summed E-state index contributed by atoms with van der Waals surface area (Å²) in [6, 6.07) is -1.27. The second kappa shape index (κ2) is 4.16. The van der Waals surface area contributed by atoms with Gasteiger partial charge in [-0.2, -0.15) is 12.6 Å². The molecule has 2 N–H and O–H groups in total. The topological polar surface area (TPSA) is 66.4 Å². The molecule has 0 fully saturated rings. The molecule has 58 valence electrons. The molecule has 0 aromatic heterocycles. The first-order chi connectivity index (χ1) is 5.79. The Morgan fingerprint density at radius 3 is 2.80 bits per heavy atom. The number of thiol groups is 1. The van der Waals surface area contributed by atoms with E-state index in [4.69, 9.17) is 9.22 Å². The molecule has 0 aliphatic rings. The normalized spacial score (nSPS) is 17.9. The van der Waals surface area contributed by atoms with E-state index in [0.29, 0.717) is 0 Å². The van der Waals surface area contributed by atoms with Crippen molar-refractivity contribution >= 4 is 24.5 Å². The van der Waals surface area contributed by atoms with Gasteiger partial charge in [0.25, 0.3) is 0 Å². The summed E-state index contributed by atoms with van der Waals surface area (Å²) in [5, 5.41) is 10.3. The molecule has 0 bridgehead atoms. The van der Waals surface area contributed by atoms with Crippen LogP contribution in [-0.2, 0) is 9.59 Å². The Balaban J connectivity index is 4.26. The summed E-state index contributed by atoms with van der Waals surface area (Å²) in [7, 11) is 0. The smallest absolute Gasteiger partial charge is 0.327 e. The Morgan fingerprint density at radius 1 is 1.90 bits per heavy atom. The van der Waals surface area contributed by atoms with Crippen molar-refractivity contribution < 1.29 is 18.8 Å². The van der Waals surface area contributed by atoms with Crippen LogP contribution in [0.5, 0.6) is 0 Å². The highest BCUT2D eigenvalue weighted by Crippen LogP contribution is 1.86. The van der Waals surface area contributed by atoms with Gasteiger partial charge in [-0.1, -0.05) is 0 Å². The molecule has 10 heavy (non-hydrogen) atoms. The van der Waals surface area contributed by atoms with Crippen molar-refractivity contribution in [1.82, 2.24) is 5.32 Å². The Hall–Kier alpha value is -0.710. The van der Waals surface area contributed by atoms with Gasteiger partial charge in [-0.15, -0.1) is 0 Å². The minimum absolute atomic E-state index is 0.156. The number of amides is 1. The third kappa shape index (κ3) is 3.34. The maximum absolute atomic E-state index is 10.8. The first-order valence-corrected chi connectivity index (χ1v) is 3.07. The second-order valence-corrected chi connectivity index (χ2v) is 1.91. The summed E-state index contributed by atoms with van der Waals surface area (Å²) in [5.74, 6) is -2.75. The molecular weight excluding hydrogens is 154 g/mol. The zero-order valence-electron chi connectivity index (χ0n) is 8.00. The third-order valence-corrected chi connectivity index (χ3v) is 1.15. The van der Waals surface area contributed by atoms with Gasteiger partial charge >= 0.3 is 5.97 Å². The van der Waals surface area contributed by atoms with E-state index in [9.17, 15) is 9.59 Å². The van der Waals surface area contributed by atoms with Crippen molar-refractivity contribution in [2.24, 2.45) is 0 Å². The Labute approximate surface area is 68.2 Å². The molecule has 0 spiro atoms. The van der Waals surface area contributed by atoms with Gasteiger partial charge in [0.05, 0.1) is 0 Å². The van der Waals surface area contributed by atoms with E-state index in [1.165, 1.54) is 0 Å². The van der Waals surface area contributed by atoms with Gasteiger partial charge in [-0.3, -0.25) is 4.79 Å². The van der Waals surface area contributed by atoms with Crippen molar-refractivity contribution in [2.75, 3.05) is 5.75 Å². The summed E-state index contributed by atoms with van der Waals surface area (Å²) in [5.41, 5.74) is 0. The fourth-order valence-corrected chi connectivity index (χ4v) is 0.591. The largest absolute Gasteiger partial charge is 0.480 e. The van der Waals surface area contributed by atoms with E-state index in [1.807, 2.05) is 5.32 Å². The number of hydrogen-bond acceptors (Lipinski definition) is 3. The van der Waals surface area contributed by atoms with Crippen molar-refractivity contribution in [1.29, 1.82) is 0 Å². The van der Waals surface area contributed by atoms with Gasteiger partial charge in [0.2, 0.25) is 5.91 Å². The average molecular weight is 166 g/mol. The lowest BCUT2D eigenvalue weighted by molar-refractivity contribution is -0.140. The summed E-state index contributed by atoms with van der Waals surface area (Å²) < 4.78 is 20.0. The number of hydrogen-bond donors (Lipinski definition) is 3. The number of carboxylic acids is 1. The molecule has 1 atom stereocenters. The van der Waals surface area contributed by atoms with E-state index in [2.05, 4.69) is 12.6 Å². The van der Waals surface area contributed by atoms with Crippen molar-refractivity contribution in [3.8, 4) is 0 Å². The lowest BCUT2D eigenvalue weighted by atomic mass is 10.3. The van der Waals surface area contributed by atoms with Crippen molar-refractivity contribution in [3.05, 3.63) is 0 Å². The van der Waals surface area contributed by atoms with Crippen LogP contribution < -0.4 is 5.32 Å². The van der Waals surface area contributed by atoms with Crippen LogP contribution in [0.4, 0.5) is 0 Å². The summed E-state index contributed by atoms with van der Waals surface area (Å²) in [6.07, 6.45) is 0. The Kier molecular flexibility index (Phi) is 2.08. The molecule has 0 saturated carbocycles. The molecule has 0 heterocycles. The highest BCUT2D eigenvalue weighted by Gasteiger charge is 2.14. The van der Waals surface area contributed by atoms with Crippen LogP contribution in [0.1, 0.15) is 11.0 Å². The molecule has 0 aliphatic carbocycles. The molecule has 1 amide bonds. The molecule has 0 aromatic rings. The molecule has 0 radical (unpaired) electrons. The molecule has 0 unspecified atom stereocenters. The van der Waals surface area contributed by atoms with E-state index in [1.54, 1.807) is 0 Å². The van der Waals surface area contributed by atoms with E-state index < -0.39 is 24.8 Å². The SMILES string of the molecule is [2H]C([2H])([2H])C(=O)N[C@@H](CS)C(=O)O. The maximum Gasteiger partial charge on any atom is 0.327 e. The van der Waals surface area contributed by atoms with E-state index >= 15 is 0 Å². The minimum Gasteiger partial charge on any atom is -0.480 e. The second-order valence-electron chi connectivity index (χ2n) is 1.55. The standard InChI is InChI=1S/C5H9NO3S/c1-3(7)6-4(2-10)5(8)9/h4,10H,2H2,1H3,(H,6,7)(H,8,9)/t4-/m0/s1/i1D3. The third-order valence-electron chi connectivity index (χ3n) is 0.786.